The van der Waals surface area contributed by atoms with Crippen molar-refractivity contribution in [1.29, 1.82) is 0 Å². The van der Waals surface area contributed by atoms with E-state index in [1.165, 1.54) is 18.2 Å². The summed E-state index contributed by atoms with van der Waals surface area (Å²) in [4.78, 5) is 16.6. The van der Waals surface area contributed by atoms with Gasteiger partial charge >= 0.3 is 0 Å². The van der Waals surface area contributed by atoms with E-state index >= 15 is 0 Å². The monoisotopic (exact) mass is 367 g/mol. The lowest BCUT2D eigenvalue weighted by atomic mass is 10.1. The van der Waals surface area contributed by atoms with Crippen molar-refractivity contribution in [3.8, 4) is 22.7 Å². The molecule has 0 fully saturated rings. The van der Waals surface area contributed by atoms with Crippen molar-refractivity contribution in [2.24, 2.45) is 0 Å². The van der Waals surface area contributed by atoms with Crippen molar-refractivity contribution >= 4 is 11.9 Å². The average Bonchev–Trinajstić information content (AvgIpc) is 3.18. The third kappa shape index (κ3) is 3.73. The molecule has 28 heavy (non-hydrogen) atoms. The molecular formula is C23H17N3O2. The molecule has 136 valence electrons. The first-order valence-electron chi connectivity index (χ1n) is 8.77. The summed E-state index contributed by atoms with van der Waals surface area (Å²) in [5.41, 5.74) is 3.86. The van der Waals surface area contributed by atoms with Gasteiger partial charge in [-0.2, -0.15) is 5.10 Å². The molecule has 0 aliphatic rings. The van der Waals surface area contributed by atoms with Crippen LogP contribution in [-0.4, -0.2) is 25.7 Å². The van der Waals surface area contributed by atoms with E-state index in [1.54, 1.807) is 35.3 Å². The first kappa shape index (κ1) is 17.4. The molecule has 0 unspecified atom stereocenters. The van der Waals surface area contributed by atoms with Crippen LogP contribution in [0.3, 0.4) is 0 Å². The number of carbonyl (C=O) groups is 1. The van der Waals surface area contributed by atoms with Crippen molar-refractivity contribution in [3.63, 3.8) is 0 Å². The molecule has 1 N–H and O–H groups in total. The zero-order chi connectivity index (χ0) is 19.3. The lowest BCUT2D eigenvalue weighted by Gasteiger charge is -2.00. The third-order valence-electron chi connectivity index (χ3n) is 4.26. The highest BCUT2D eigenvalue weighted by Gasteiger charge is 2.11. The molecule has 0 spiro atoms. The number of para-hydroxylation sites is 1. The SMILES string of the molecule is O=C(C=Cc1cn(-c2ccccc2)nc1-c1cccnc1)c1ccc(O)cc1. The number of phenolic OH excluding ortho intramolecular Hbond substituents is 1. The van der Waals surface area contributed by atoms with Gasteiger partial charge in [-0.3, -0.25) is 9.78 Å². The molecule has 0 aliphatic carbocycles. The summed E-state index contributed by atoms with van der Waals surface area (Å²) in [7, 11) is 0. The van der Waals surface area contributed by atoms with Gasteiger partial charge in [-0.25, -0.2) is 4.68 Å². The minimum absolute atomic E-state index is 0.128. The molecule has 2 heterocycles. The summed E-state index contributed by atoms with van der Waals surface area (Å²) >= 11 is 0. The fourth-order valence-corrected chi connectivity index (χ4v) is 2.84. The molecular weight excluding hydrogens is 350 g/mol. The Morgan fingerprint density at radius 2 is 1.75 bits per heavy atom. The van der Waals surface area contributed by atoms with Crippen LogP contribution in [0.25, 0.3) is 23.0 Å². The Morgan fingerprint density at radius 3 is 2.46 bits per heavy atom. The van der Waals surface area contributed by atoms with Crippen LogP contribution in [0, 0.1) is 0 Å². The van der Waals surface area contributed by atoms with Gasteiger partial charge in [-0.15, -0.1) is 0 Å². The lowest BCUT2D eigenvalue weighted by Crippen LogP contribution is -1.94. The Morgan fingerprint density at radius 1 is 0.964 bits per heavy atom. The van der Waals surface area contributed by atoms with Gasteiger partial charge in [0.25, 0.3) is 0 Å². The van der Waals surface area contributed by atoms with E-state index < -0.39 is 0 Å². The molecule has 0 saturated heterocycles. The molecule has 0 amide bonds. The van der Waals surface area contributed by atoms with Crippen molar-refractivity contribution in [2.75, 3.05) is 0 Å². The maximum Gasteiger partial charge on any atom is 0.185 e. The smallest absolute Gasteiger partial charge is 0.185 e. The van der Waals surface area contributed by atoms with E-state index in [9.17, 15) is 9.90 Å². The maximum atomic E-state index is 12.4. The zero-order valence-corrected chi connectivity index (χ0v) is 14.9. The standard InChI is InChI=1S/C23H17N3O2/c27-21-11-8-17(9-12-21)22(28)13-10-19-16-26(20-6-2-1-3-7-20)25-23(19)18-5-4-14-24-15-18/h1-16,27H. The second kappa shape index (κ2) is 7.72. The Bertz CT molecular complexity index is 1120. The highest BCUT2D eigenvalue weighted by molar-refractivity contribution is 6.07. The first-order valence-corrected chi connectivity index (χ1v) is 8.77. The van der Waals surface area contributed by atoms with Crippen molar-refractivity contribution < 1.29 is 9.90 Å². The van der Waals surface area contributed by atoms with Gasteiger partial charge in [0.1, 0.15) is 11.4 Å². The first-order chi connectivity index (χ1) is 13.7. The predicted molar refractivity (Wildman–Crippen MR) is 108 cm³/mol. The number of nitrogens with zero attached hydrogens (tertiary/aromatic N) is 3. The number of hydrogen-bond donors (Lipinski definition) is 1. The molecule has 5 nitrogen and oxygen atoms in total. The number of aromatic nitrogens is 3. The van der Waals surface area contributed by atoms with E-state index in [2.05, 4.69) is 4.98 Å². The topological polar surface area (TPSA) is 68.0 Å². The van der Waals surface area contributed by atoms with E-state index in [0.29, 0.717) is 5.56 Å². The number of phenols is 1. The second-order valence-electron chi connectivity index (χ2n) is 6.20. The number of benzene rings is 2. The molecule has 0 radical (unpaired) electrons. The fraction of sp³-hybridized carbons (Fsp3) is 0. The van der Waals surface area contributed by atoms with E-state index in [0.717, 1.165) is 22.5 Å². The van der Waals surface area contributed by atoms with Gasteiger partial charge in [0.2, 0.25) is 0 Å². The largest absolute Gasteiger partial charge is 0.508 e. The summed E-state index contributed by atoms with van der Waals surface area (Å²) in [5.74, 6) is -0.0203. The molecule has 0 aliphatic heterocycles. The maximum absolute atomic E-state index is 12.4. The van der Waals surface area contributed by atoms with Crippen LogP contribution < -0.4 is 0 Å². The van der Waals surface area contributed by atoms with Gasteiger partial charge < -0.3 is 5.11 Å². The number of allylic oxidation sites excluding steroid dienone is 1. The Labute approximate surface area is 162 Å². The molecule has 0 bridgehead atoms. The second-order valence-corrected chi connectivity index (χ2v) is 6.20. The summed E-state index contributed by atoms with van der Waals surface area (Å²) in [6.07, 6.45) is 8.61. The van der Waals surface area contributed by atoms with Crippen molar-refractivity contribution in [2.45, 2.75) is 0 Å². The lowest BCUT2D eigenvalue weighted by molar-refractivity contribution is 0.104. The van der Waals surface area contributed by atoms with Crippen LogP contribution in [0.1, 0.15) is 15.9 Å². The Balaban J connectivity index is 1.71. The number of ketones is 1. The van der Waals surface area contributed by atoms with Crippen LogP contribution >= 0.6 is 0 Å². The van der Waals surface area contributed by atoms with Crippen molar-refractivity contribution in [1.82, 2.24) is 14.8 Å². The van der Waals surface area contributed by atoms with Gasteiger partial charge in [0.05, 0.1) is 5.69 Å². The number of hydrogen-bond acceptors (Lipinski definition) is 4. The fourth-order valence-electron chi connectivity index (χ4n) is 2.84. The highest BCUT2D eigenvalue weighted by atomic mass is 16.3. The summed E-state index contributed by atoms with van der Waals surface area (Å²) in [5, 5.41) is 14.1. The van der Waals surface area contributed by atoms with E-state index in [4.69, 9.17) is 5.10 Å². The molecule has 2 aromatic heterocycles. The molecule has 4 rings (SSSR count). The van der Waals surface area contributed by atoms with Gasteiger partial charge in [0.15, 0.2) is 5.78 Å². The van der Waals surface area contributed by atoms with E-state index in [-0.39, 0.29) is 11.5 Å². The molecule has 0 saturated carbocycles. The Hall–Kier alpha value is -3.99. The zero-order valence-electron chi connectivity index (χ0n) is 14.9. The number of aromatic hydroxyl groups is 1. The summed E-state index contributed by atoms with van der Waals surface area (Å²) in [6, 6.07) is 19.8. The number of carbonyl (C=O) groups excluding carboxylic acids is 1. The van der Waals surface area contributed by atoms with Crippen LogP contribution in [0.4, 0.5) is 0 Å². The number of pyridine rings is 1. The van der Waals surface area contributed by atoms with Crippen molar-refractivity contribution in [3.05, 3.63) is 103 Å². The molecule has 2 aromatic carbocycles. The number of rotatable bonds is 5. The summed E-state index contributed by atoms with van der Waals surface area (Å²) < 4.78 is 1.78. The van der Waals surface area contributed by atoms with Crippen LogP contribution in [0.5, 0.6) is 5.75 Å². The normalized spacial score (nSPS) is 11.0. The minimum atomic E-state index is -0.149. The summed E-state index contributed by atoms with van der Waals surface area (Å²) in [6.45, 7) is 0. The average molecular weight is 367 g/mol. The van der Waals surface area contributed by atoms with Gasteiger partial charge in [-0.1, -0.05) is 18.2 Å². The van der Waals surface area contributed by atoms with Crippen LogP contribution in [-0.2, 0) is 0 Å². The Kier molecular flexibility index (Phi) is 4.80. The molecule has 5 heteroatoms. The van der Waals surface area contributed by atoms with Gasteiger partial charge in [0, 0.05) is 35.3 Å². The van der Waals surface area contributed by atoms with Gasteiger partial charge in [-0.05, 0) is 60.7 Å². The highest BCUT2D eigenvalue weighted by Crippen LogP contribution is 2.24. The van der Waals surface area contributed by atoms with Crippen LogP contribution in [0.15, 0.2) is 91.4 Å². The minimum Gasteiger partial charge on any atom is -0.508 e. The quantitative estimate of drug-likeness (QED) is 0.415. The third-order valence-corrected chi connectivity index (χ3v) is 4.26. The molecule has 4 aromatic rings. The van der Waals surface area contributed by atoms with Crippen LogP contribution in [0.2, 0.25) is 0 Å². The molecule has 0 atom stereocenters. The van der Waals surface area contributed by atoms with E-state index in [1.807, 2.05) is 48.7 Å². The predicted octanol–water partition coefficient (Wildman–Crippen LogP) is 4.54.